The molecule has 9 heteroatoms. The van der Waals surface area contributed by atoms with E-state index in [1.165, 1.54) is 24.5 Å². The molecule has 0 radical (unpaired) electrons. The molecule has 0 aliphatic carbocycles. The van der Waals surface area contributed by atoms with Crippen LogP contribution in [0.1, 0.15) is 31.1 Å². The topological polar surface area (TPSA) is 103 Å². The highest BCUT2D eigenvalue weighted by Gasteiger charge is 2.20. The first-order valence-electron chi connectivity index (χ1n) is 12.1. The molecule has 1 heterocycles. The molecule has 0 aliphatic rings. The number of fused-ring (bicyclic) bond motifs is 1. The molecule has 38 heavy (non-hydrogen) atoms. The van der Waals surface area contributed by atoms with Gasteiger partial charge >= 0.3 is 5.97 Å². The van der Waals surface area contributed by atoms with Crippen LogP contribution in [0.2, 0.25) is 0 Å². The van der Waals surface area contributed by atoms with Crippen molar-refractivity contribution in [2.75, 3.05) is 26.9 Å². The summed E-state index contributed by atoms with van der Waals surface area (Å²) in [6.45, 7) is 6.66. The molecular formula is C29H28O9. The Kier molecular flexibility index (Phi) is 8.37. The van der Waals surface area contributed by atoms with Gasteiger partial charge in [-0.05, 0) is 69.3 Å². The van der Waals surface area contributed by atoms with Gasteiger partial charge in [-0.15, -0.1) is 0 Å². The fourth-order valence-electron chi connectivity index (χ4n) is 3.67. The minimum absolute atomic E-state index is 0.0220. The molecule has 0 saturated carbocycles. The van der Waals surface area contributed by atoms with E-state index in [1.807, 2.05) is 20.8 Å². The number of hydrogen-bond acceptors (Lipinski definition) is 9. The second-order valence-electron chi connectivity index (χ2n) is 7.85. The Balaban J connectivity index is 1.58. The van der Waals surface area contributed by atoms with E-state index < -0.39 is 5.97 Å². The van der Waals surface area contributed by atoms with Crippen molar-refractivity contribution in [1.82, 2.24) is 0 Å². The highest BCUT2D eigenvalue weighted by atomic mass is 16.5. The highest BCUT2D eigenvalue weighted by molar-refractivity contribution is 5.93. The molecule has 198 valence electrons. The van der Waals surface area contributed by atoms with E-state index in [9.17, 15) is 9.59 Å². The van der Waals surface area contributed by atoms with Crippen molar-refractivity contribution in [3.63, 3.8) is 0 Å². The van der Waals surface area contributed by atoms with Crippen LogP contribution in [0.3, 0.4) is 0 Å². The predicted molar refractivity (Wildman–Crippen MR) is 140 cm³/mol. The minimum atomic E-state index is -0.642. The summed E-state index contributed by atoms with van der Waals surface area (Å²) < 4.78 is 39.0. The summed E-state index contributed by atoms with van der Waals surface area (Å²) in [6, 6.07) is 14.4. The molecule has 4 rings (SSSR count). The molecule has 3 aromatic carbocycles. The maximum absolute atomic E-state index is 13.0. The molecule has 0 unspecified atom stereocenters. The molecule has 0 aliphatic heterocycles. The van der Waals surface area contributed by atoms with Crippen LogP contribution in [-0.2, 0) is 0 Å². The fourth-order valence-corrected chi connectivity index (χ4v) is 3.67. The van der Waals surface area contributed by atoms with Gasteiger partial charge in [-0.2, -0.15) is 0 Å². The molecule has 0 spiro atoms. The Morgan fingerprint density at radius 2 is 1.37 bits per heavy atom. The van der Waals surface area contributed by atoms with Crippen LogP contribution in [0.15, 0.2) is 70.1 Å². The molecule has 4 aromatic rings. The van der Waals surface area contributed by atoms with E-state index in [4.69, 9.17) is 32.8 Å². The summed E-state index contributed by atoms with van der Waals surface area (Å²) in [5.74, 6) is 1.87. The zero-order valence-electron chi connectivity index (χ0n) is 21.6. The molecule has 9 nitrogen and oxygen atoms in total. The van der Waals surface area contributed by atoms with Gasteiger partial charge in [0.1, 0.15) is 29.1 Å². The molecular weight excluding hydrogens is 492 g/mol. The van der Waals surface area contributed by atoms with Crippen molar-refractivity contribution < 1.29 is 37.6 Å². The average Bonchev–Trinajstić information content (AvgIpc) is 2.92. The van der Waals surface area contributed by atoms with Gasteiger partial charge < -0.3 is 32.8 Å². The number of esters is 1. The maximum atomic E-state index is 13.0. The summed E-state index contributed by atoms with van der Waals surface area (Å²) in [5, 5.41) is 0.272. The normalized spacial score (nSPS) is 10.6. The predicted octanol–water partition coefficient (Wildman–Crippen LogP) is 6.01. The number of rotatable bonds is 11. The van der Waals surface area contributed by atoms with Crippen molar-refractivity contribution in [1.29, 1.82) is 0 Å². The van der Waals surface area contributed by atoms with Crippen LogP contribution in [0.4, 0.5) is 0 Å². The lowest BCUT2D eigenvalue weighted by Crippen LogP contribution is -2.11. The van der Waals surface area contributed by atoms with Gasteiger partial charge in [0.15, 0.2) is 11.5 Å². The first kappa shape index (κ1) is 26.4. The summed E-state index contributed by atoms with van der Waals surface area (Å²) in [4.78, 5) is 25.9. The first-order valence-corrected chi connectivity index (χ1v) is 12.1. The third kappa shape index (κ3) is 5.83. The smallest absolute Gasteiger partial charge is 0.343 e. The standard InChI is InChI=1S/C29H28O9/c1-5-33-24-14-18(15-25(34-6-2)28(24)35-7-3)29(31)38-21-12-13-22-23(16-21)36-17-26(27(22)30)37-20-10-8-19(32-4)9-11-20/h8-17H,5-7H2,1-4H3. The van der Waals surface area contributed by atoms with Gasteiger partial charge in [0, 0.05) is 6.07 Å². The molecule has 0 N–H and O–H groups in total. The van der Waals surface area contributed by atoms with Crippen LogP contribution < -0.4 is 33.8 Å². The second-order valence-corrected chi connectivity index (χ2v) is 7.85. The SMILES string of the molecule is CCOc1cc(C(=O)Oc2ccc3c(=O)c(Oc4ccc(OC)cc4)coc3c2)cc(OCC)c1OCC. The molecule has 1 aromatic heterocycles. The van der Waals surface area contributed by atoms with Crippen LogP contribution >= 0.6 is 0 Å². The number of carbonyl (C=O) groups is 1. The molecule has 0 saturated heterocycles. The lowest BCUT2D eigenvalue weighted by molar-refractivity contribution is 0.0733. The van der Waals surface area contributed by atoms with Gasteiger partial charge in [-0.25, -0.2) is 4.79 Å². The Morgan fingerprint density at radius 3 is 1.97 bits per heavy atom. The van der Waals surface area contributed by atoms with Crippen LogP contribution in [-0.4, -0.2) is 32.9 Å². The van der Waals surface area contributed by atoms with Crippen molar-refractivity contribution >= 4 is 16.9 Å². The molecule has 0 bridgehead atoms. The zero-order valence-corrected chi connectivity index (χ0v) is 21.6. The monoisotopic (exact) mass is 520 g/mol. The Morgan fingerprint density at radius 1 is 0.763 bits per heavy atom. The zero-order chi connectivity index (χ0) is 27.1. The van der Waals surface area contributed by atoms with Crippen LogP contribution in [0, 0.1) is 0 Å². The lowest BCUT2D eigenvalue weighted by atomic mass is 10.1. The minimum Gasteiger partial charge on any atom is -0.497 e. The fraction of sp³-hybridized carbons (Fsp3) is 0.241. The van der Waals surface area contributed by atoms with Crippen molar-refractivity contribution in [2.24, 2.45) is 0 Å². The van der Waals surface area contributed by atoms with E-state index in [1.54, 1.807) is 43.5 Å². The molecule has 0 fully saturated rings. The first-order chi connectivity index (χ1) is 18.5. The Bertz CT molecular complexity index is 1450. The largest absolute Gasteiger partial charge is 0.497 e. The van der Waals surface area contributed by atoms with E-state index in [0.717, 1.165) is 0 Å². The van der Waals surface area contributed by atoms with Gasteiger partial charge in [-0.3, -0.25) is 4.79 Å². The second kappa shape index (κ2) is 12.1. The van der Waals surface area contributed by atoms with Crippen LogP contribution in [0.5, 0.6) is 40.2 Å². The third-order valence-corrected chi connectivity index (χ3v) is 5.36. The molecule has 0 amide bonds. The highest BCUT2D eigenvalue weighted by Crippen LogP contribution is 2.39. The van der Waals surface area contributed by atoms with E-state index in [2.05, 4.69) is 0 Å². The Labute approximate surface area is 219 Å². The summed E-state index contributed by atoms with van der Waals surface area (Å²) in [7, 11) is 1.56. The Hall–Kier alpha value is -4.66. The van der Waals surface area contributed by atoms with Gasteiger partial charge in [0.05, 0.1) is 37.9 Å². The summed E-state index contributed by atoms with van der Waals surface area (Å²) >= 11 is 0. The number of methoxy groups -OCH3 is 1. The number of hydrogen-bond donors (Lipinski definition) is 0. The van der Waals surface area contributed by atoms with Gasteiger partial charge in [-0.1, -0.05) is 0 Å². The van der Waals surface area contributed by atoms with Gasteiger partial charge in [0.25, 0.3) is 0 Å². The number of ether oxygens (including phenoxy) is 6. The van der Waals surface area contributed by atoms with Gasteiger partial charge in [0.2, 0.25) is 16.9 Å². The lowest BCUT2D eigenvalue weighted by Gasteiger charge is -2.16. The van der Waals surface area contributed by atoms with E-state index >= 15 is 0 Å². The molecule has 0 atom stereocenters. The number of carbonyl (C=O) groups excluding carboxylic acids is 1. The van der Waals surface area contributed by atoms with Crippen molar-refractivity contribution in [3.05, 3.63) is 76.6 Å². The van der Waals surface area contributed by atoms with E-state index in [0.29, 0.717) is 48.6 Å². The van der Waals surface area contributed by atoms with E-state index in [-0.39, 0.29) is 33.5 Å². The van der Waals surface area contributed by atoms with Crippen molar-refractivity contribution in [2.45, 2.75) is 20.8 Å². The summed E-state index contributed by atoms with van der Waals surface area (Å²) in [6.07, 6.45) is 1.22. The third-order valence-electron chi connectivity index (χ3n) is 5.36. The van der Waals surface area contributed by atoms with Crippen molar-refractivity contribution in [3.8, 4) is 40.2 Å². The number of benzene rings is 3. The quantitative estimate of drug-likeness (QED) is 0.174. The average molecular weight is 521 g/mol. The summed E-state index contributed by atoms with van der Waals surface area (Å²) in [5.41, 5.74) is 0.0818. The van der Waals surface area contributed by atoms with Crippen LogP contribution in [0.25, 0.3) is 11.0 Å². The maximum Gasteiger partial charge on any atom is 0.343 e.